The highest BCUT2D eigenvalue weighted by Crippen LogP contribution is 2.53. The molecule has 2 heterocycles. The van der Waals surface area contributed by atoms with Crippen molar-refractivity contribution in [3.63, 3.8) is 0 Å². The van der Waals surface area contributed by atoms with Crippen LogP contribution in [0.15, 0.2) is 12.1 Å². The molecule has 112 valence electrons. The molecule has 0 aliphatic carbocycles. The number of hydrogen-bond acceptors (Lipinski definition) is 4. The third kappa shape index (κ3) is 1.98. The van der Waals surface area contributed by atoms with E-state index in [1.54, 1.807) is 0 Å². The van der Waals surface area contributed by atoms with Crippen molar-refractivity contribution in [2.24, 2.45) is 0 Å². The molecule has 2 N–H and O–H groups in total. The highest BCUT2D eigenvalue weighted by Gasteiger charge is 2.76. The third-order valence-electron chi connectivity index (χ3n) is 2.89. The zero-order chi connectivity index (χ0) is 15.3. The maximum atomic E-state index is 13.8. The van der Waals surface area contributed by atoms with Gasteiger partial charge in [-0.15, -0.1) is 0 Å². The average molecular weight is 336 g/mol. The standard InChI is InChI=1S/C10H7Cl2F4NO3/c11-6-2-1-4(7(12)17-6)9(19)10(15,16)8(13,14)5(18)3-20-9/h1-2,5,18-19H,3H2/t5-,9-/m0/s1. The number of aliphatic hydroxyl groups excluding tert-OH is 1. The summed E-state index contributed by atoms with van der Waals surface area (Å²) in [5.41, 5.74) is -0.875. The summed E-state index contributed by atoms with van der Waals surface area (Å²) in [7, 11) is 0. The van der Waals surface area contributed by atoms with Gasteiger partial charge in [0, 0.05) is 0 Å². The molecule has 0 amide bonds. The van der Waals surface area contributed by atoms with E-state index in [0.717, 1.165) is 12.1 Å². The predicted molar refractivity (Wildman–Crippen MR) is 60.0 cm³/mol. The van der Waals surface area contributed by atoms with Crippen LogP contribution in [-0.4, -0.2) is 39.8 Å². The molecule has 1 aromatic rings. The van der Waals surface area contributed by atoms with Gasteiger partial charge in [0.2, 0.25) is 0 Å². The second-order valence-electron chi connectivity index (χ2n) is 4.14. The second kappa shape index (κ2) is 4.67. The van der Waals surface area contributed by atoms with Gasteiger partial charge in [-0.3, -0.25) is 0 Å². The molecule has 0 bridgehead atoms. The van der Waals surface area contributed by atoms with E-state index in [-0.39, 0.29) is 5.15 Å². The maximum absolute atomic E-state index is 13.8. The number of aromatic nitrogens is 1. The molecule has 1 aromatic heterocycles. The number of halogens is 6. The summed E-state index contributed by atoms with van der Waals surface area (Å²) in [4.78, 5) is 3.38. The van der Waals surface area contributed by atoms with Crippen molar-refractivity contribution in [2.75, 3.05) is 6.61 Å². The fourth-order valence-corrected chi connectivity index (χ4v) is 2.21. The van der Waals surface area contributed by atoms with Gasteiger partial charge in [-0.25, -0.2) is 4.98 Å². The van der Waals surface area contributed by atoms with E-state index in [1.807, 2.05) is 0 Å². The van der Waals surface area contributed by atoms with Crippen molar-refractivity contribution < 1.29 is 32.5 Å². The van der Waals surface area contributed by atoms with E-state index < -0.39 is 41.1 Å². The van der Waals surface area contributed by atoms with Gasteiger partial charge >= 0.3 is 11.8 Å². The number of aliphatic hydroxyl groups is 2. The Morgan fingerprint density at radius 3 is 2.40 bits per heavy atom. The van der Waals surface area contributed by atoms with Gasteiger partial charge in [0.25, 0.3) is 5.79 Å². The first-order valence-electron chi connectivity index (χ1n) is 5.16. The Morgan fingerprint density at radius 2 is 1.85 bits per heavy atom. The molecule has 0 spiro atoms. The topological polar surface area (TPSA) is 62.6 Å². The molecule has 1 fully saturated rings. The lowest BCUT2D eigenvalue weighted by molar-refractivity contribution is -0.433. The van der Waals surface area contributed by atoms with Gasteiger partial charge in [-0.2, -0.15) is 17.6 Å². The third-order valence-corrected chi connectivity index (χ3v) is 3.39. The molecular formula is C10H7Cl2F4NO3. The maximum Gasteiger partial charge on any atom is 0.369 e. The lowest BCUT2D eigenvalue weighted by Gasteiger charge is -2.45. The van der Waals surface area contributed by atoms with Crippen LogP contribution in [0.1, 0.15) is 5.56 Å². The SMILES string of the molecule is O[C@H]1CO[C@@](O)(c2ccc(Cl)nc2Cl)C(F)(F)C1(F)F. The fourth-order valence-electron chi connectivity index (χ4n) is 1.74. The van der Waals surface area contributed by atoms with Crippen molar-refractivity contribution >= 4 is 23.2 Å². The monoisotopic (exact) mass is 335 g/mol. The quantitative estimate of drug-likeness (QED) is 0.610. The summed E-state index contributed by atoms with van der Waals surface area (Å²) >= 11 is 11.0. The minimum absolute atomic E-state index is 0.187. The summed E-state index contributed by atoms with van der Waals surface area (Å²) in [5.74, 6) is -13.8. The zero-order valence-corrected chi connectivity index (χ0v) is 11.0. The minimum Gasteiger partial charge on any atom is -0.384 e. The van der Waals surface area contributed by atoms with Crippen molar-refractivity contribution in [1.82, 2.24) is 4.98 Å². The normalized spacial score (nSPS) is 32.1. The second-order valence-corrected chi connectivity index (χ2v) is 4.89. The van der Waals surface area contributed by atoms with Gasteiger partial charge in [0.05, 0.1) is 12.2 Å². The molecule has 0 saturated carbocycles. The Labute approximate surface area is 119 Å². The molecule has 1 aliphatic heterocycles. The Hall–Kier alpha value is -0.670. The van der Waals surface area contributed by atoms with Gasteiger partial charge in [0.15, 0.2) is 0 Å². The molecule has 2 atom stereocenters. The molecule has 1 saturated heterocycles. The van der Waals surface area contributed by atoms with Crippen molar-refractivity contribution in [1.29, 1.82) is 0 Å². The van der Waals surface area contributed by atoms with Crippen LogP contribution < -0.4 is 0 Å². The molecule has 2 rings (SSSR count). The smallest absolute Gasteiger partial charge is 0.369 e. The Balaban J connectivity index is 2.59. The van der Waals surface area contributed by atoms with Crippen LogP contribution in [0.5, 0.6) is 0 Å². The minimum atomic E-state index is -5.13. The Morgan fingerprint density at radius 1 is 1.25 bits per heavy atom. The van der Waals surface area contributed by atoms with Crippen molar-refractivity contribution in [3.05, 3.63) is 28.0 Å². The first-order chi connectivity index (χ1) is 9.04. The Bertz CT molecular complexity index is 545. The van der Waals surface area contributed by atoms with Crippen molar-refractivity contribution in [3.8, 4) is 0 Å². The van der Waals surface area contributed by atoms with E-state index in [9.17, 15) is 22.7 Å². The summed E-state index contributed by atoms with van der Waals surface area (Å²) < 4.78 is 58.9. The van der Waals surface area contributed by atoms with Crippen LogP contribution in [0.2, 0.25) is 10.3 Å². The van der Waals surface area contributed by atoms with Crippen LogP contribution in [0.25, 0.3) is 0 Å². The molecule has 0 aromatic carbocycles. The van der Waals surface area contributed by atoms with Crippen LogP contribution >= 0.6 is 23.2 Å². The van der Waals surface area contributed by atoms with Crippen LogP contribution in [-0.2, 0) is 10.5 Å². The lowest BCUT2D eigenvalue weighted by atomic mass is 9.90. The van der Waals surface area contributed by atoms with Gasteiger partial charge in [0.1, 0.15) is 16.4 Å². The number of nitrogens with zero attached hydrogens (tertiary/aromatic N) is 1. The van der Waals surface area contributed by atoms with Crippen LogP contribution in [0.4, 0.5) is 17.6 Å². The lowest BCUT2D eigenvalue weighted by Crippen LogP contribution is -2.67. The van der Waals surface area contributed by atoms with E-state index in [4.69, 9.17) is 28.3 Å². The molecule has 1 aliphatic rings. The van der Waals surface area contributed by atoms with Gasteiger partial charge in [-0.1, -0.05) is 23.2 Å². The highest BCUT2D eigenvalue weighted by molar-refractivity contribution is 6.32. The summed E-state index contributed by atoms with van der Waals surface area (Å²) in [6, 6.07) is 1.77. The van der Waals surface area contributed by atoms with Gasteiger partial charge in [-0.05, 0) is 12.1 Å². The number of pyridine rings is 1. The predicted octanol–water partition coefficient (Wildman–Crippen LogP) is 2.20. The van der Waals surface area contributed by atoms with E-state index in [2.05, 4.69) is 9.72 Å². The average Bonchev–Trinajstić information content (AvgIpc) is 2.33. The number of alkyl halides is 4. The molecule has 0 radical (unpaired) electrons. The number of rotatable bonds is 1. The molecule has 10 heteroatoms. The van der Waals surface area contributed by atoms with Crippen LogP contribution in [0, 0.1) is 0 Å². The number of ether oxygens (including phenoxy) is 1. The number of hydrogen-bond donors (Lipinski definition) is 2. The Kier molecular flexibility index (Phi) is 3.67. The van der Waals surface area contributed by atoms with Crippen LogP contribution in [0.3, 0.4) is 0 Å². The van der Waals surface area contributed by atoms with E-state index in [1.165, 1.54) is 0 Å². The largest absolute Gasteiger partial charge is 0.384 e. The first kappa shape index (κ1) is 15.7. The van der Waals surface area contributed by atoms with E-state index in [0.29, 0.717) is 0 Å². The van der Waals surface area contributed by atoms with E-state index >= 15 is 0 Å². The zero-order valence-electron chi connectivity index (χ0n) is 9.46. The van der Waals surface area contributed by atoms with Gasteiger partial charge < -0.3 is 14.9 Å². The first-order valence-corrected chi connectivity index (χ1v) is 5.92. The molecular weight excluding hydrogens is 329 g/mol. The molecule has 20 heavy (non-hydrogen) atoms. The van der Waals surface area contributed by atoms with Crippen molar-refractivity contribution in [2.45, 2.75) is 23.7 Å². The summed E-state index contributed by atoms with van der Waals surface area (Å²) in [6.07, 6.45) is -2.77. The molecule has 0 unspecified atom stereocenters. The molecule has 4 nitrogen and oxygen atoms in total. The fraction of sp³-hybridized carbons (Fsp3) is 0.500. The highest BCUT2D eigenvalue weighted by atomic mass is 35.5. The summed E-state index contributed by atoms with van der Waals surface area (Å²) in [5, 5.41) is 17.9. The summed E-state index contributed by atoms with van der Waals surface area (Å²) in [6.45, 7) is -1.21.